The molecule has 15 heavy (non-hydrogen) atoms. The normalized spacial score (nSPS) is 21.9. The number of rotatable bonds is 2. The Morgan fingerprint density at radius 1 is 1.73 bits per heavy atom. The fourth-order valence-corrected chi connectivity index (χ4v) is 1.89. The van der Waals surface area contributed by atoms with Crippen molar-refractivity contribution in [3.8, 4) is 0 Å². The van der Waals surface area contributed by atoms with Gasteiger partial charge >= 0.3 is 0 Å². The van der Waals surface area contributed by atoms with Crippen molar-refractivity contribution in [1.82, 2.24) is 15.4 Å². The number of carbonyl (C=O) groups is 1. The van der Waals surface area contributed by atoms with Gasteiger partial charge in [0.05, 0.1) is 5.69 Å². The highest BCUT2D eigenvalue weighted by Crippen LogP contribution is 2.25. The summed E-state index contributed by atoms with van der Waals surface area (Å²) in [5.74, 6) is 0.472. The van der Waals surface area contributed by atoms with Gasteiger partial charge in [0, 0.05) is 25.6 Å². The third-order valence-electron chi connectivity index (χ3n) is 2.79. The van der Waals surface area contributed by atoms with Gasteiger partial charge in [0.15, 0.2) is 0 Å². The highest BCUT2D eigenvalue weighted by molar-refractivity contribution is 5.91. The van der Waals surface area contributed by atoms with Crippen LogP contribution in [0.4, 0.5) is 0 Å². The van der Waals surface area contributed by atoms with Crippen LogP contribution in [0.2, 0.25) is 0 Å². The Hall–Kier alpha value is -1.36. The molecule has 5 heteroatoms. The zero-order valence-corrected chi connectivity index (χ0v) is 8.99. The minimum absolute atomic E-state index is 0.222. The Balaban J connectivity index is 2.10. The number of nitrogens with zero attached hydrogens (tertiary/aromatic N) is 2. The van der Waals surface area contributed by atoms with Crippen molar-refractivity contribution in [2.75, 3.05) is 27.2 Å². The van der Waals surface area contributed by atoms with Gasteiger partial charge in [-0.2, -0.15) is 0 Å². The fraction of sp³-hybridized carbons (Fsp3) is 0.600. The van der Waals surface area contributed by atoms with Gasteiger partial charge in [0.1, 0.15) is 0 Å². The smallest absolute Gasteiger partial charge is 0.289 e. The molecule has 5 nitrogen and oxygen atoms in total. The van der Waals surface area contributed by atoms with Crippen molar-refractivity contribution in [1.29, 1.82) is 0 Å². The Morgan fingerprint density at radius 3 is 3.13 bits per heavy atom. The molecule has 1 saturated heterocycles. The number of amides is 1. The molecule has 1 fully saturated rings. The molecular weight excluding hydrogens is 194 g/mol. The van der Waals surface area contributed by atoms with Crippen LogP contribution in [0.15, 0.2) is 10.6 Å². The number of likely N-dealkylation sites (N-methyl/N-ethyl adjacent to an activating group) is 1. The standard InChI is InChI=1S/C10H15N3O2/c1-11-10(14)9-5-8(12-15-9)7-3-4-13(2)6-7/h5,7H,3-4,6H2,1-2H3,(H,11,14). The Labute approximate surface area is 88.4 Å². The summed E-state index contributed by atoms with van der Waals surface area (Å²) in [7, 11) is 3.66. The lowest BCUT2D eigenvalue weighted by Crippen LogP contribution is -2.16. The number of likely N-dealkylation sites (tertiary alicyclic amines) is 1. The van der Waals surface area contributed by atoms with Gasteiger partial charge < -0.3 is 14.7 Å². The summed E-state index contributed by atoms with van der Waals surface area (Å²) in [4.78, 5) is 13.5. The first-order valence-corrected chi connectivity index (χ1v) is 5.08. The van der Waals surface area contributed by atoms with E-state index in [2.05, 4.69) is 22.4 Å². The van der Waals surface area contributed by atoms with E-state index in [4.69, 9.17) is 4.52 Å². The molecule has 2 rings (SSSR count). The Morgan fingerprint density at radius 2 is 2.53 bits per heavy atom. The predicted octanol–water partition coefficient (Wildman–Crippen LogP) is 0.453. The predicted molar refractivity (Wildman–Crippen MR) is 54.7 cm³/mol. The Kier molecular flexibility index (Phi) is 2.73. The maximum absolute atomic E-state index is 11.3. The lowest BCUT2D eigenvalue weighted by molar-refractivity contribution is 0.0926. The van der Waals surface area contributed by atoms with Crippen LogP contribution in [0.5, 0.6) is 0 Å². The molecule has 82 valence electrons. The first-order valence-electron chi connectivity index (χ1n) is 5.08. The Bertz CT molecular complexity index is 361. The van der Waals surface area contributed by atoms with Gasteiger partial charge in [-0.15, -0.1) is 0 Å². The number of nitrogens with one attached hydrogen (secondary N) is 1. The van der Waals surface area contributed by atoms with Crippen LogP contribution in [-0.2, 0) is 0 Å². The largest absolute Gasteiger partial charge is 0.352 e. The average Bonchev–Trinajstić information content (AvgIpc) is 2.84. The van der Waals surface area contributed by atoms with Crippen molar-refractivity contribution < 1.29 is 9.32 Å². The molecule has 1 aliphatic rings. The number of carbonyl (C=O) groups excluding carboxylic acids is 1. The molecule has 0 aromatic carbocycles. The lowest BCUT2D eigenvalue weighted by atomic mass is 10.1. The molecule has 0 spiro atoms. The van der Waals surface area contributed by atoms with Crippen molar-refractivity contribution in [2.45, 2.75) is 12.3 Å². The molecule has 1 unspecified atom stereocenters. The minimum atomic E-state index is -0.222. The van der Waals surface area contributed by atoms with E-state index in [-0.39, 0.29) is 5.91 Å². The van der Waals surface area contributed by atoms with Crippen LogP contribution >= 0.6 is 0 Å². The number of aromatic nitrogens is 1. The van der Waals surface area contributed by atoms with E-state index in [1.165, 1.54) is 0 Å². The van der Waals surface area contributed by atoms with Crippen LogP contribution in [0.25, 0.3) is 0 Å². The van der Waals surface area contributed by atoms with E-state index >= 15 is 0 Å². The topological polar surface area (TPSA) is 58.4 Å². The second-order valence-electron chi connectivity index (χ2n) is 3.94. The maximum atomic E-state index is 11.3. The molecule has 0 saturated carbocycles. The first kappa shape index (κ1) is 10.2. The van der Waals surface area contributed by atoms with Gasteiger partial charge in [-0.25, -0.2) is 0 Å². The van der Waals surface area contributed by atoms with Crippen LogP contribution in [0.1, 0.15) is 28.6 Å². The average molecular weight is 209 g/mol. The molecular formula is C10H15N3O2. The van der Waals surface area contributed by atoms with Gasteiger partial charge in [0.2, 0.25) is 5.76 Å². The number of hydrogen-bond acceptors (Lipinski definition) is 4. The lowest BCUT2D eigenvalue weighted by Gasteiger charge is -2.05. The van der Waals surface area contributed by atoms with E-state index in [9.17, 15) is 4.79 Å². The van der Waals surface area contributed by atoms with Gasteiger partial charge in [0.25, 0.3) is 5.91 Å². The summed E-state index contributed by atoms with van der Waals surface area (Å²) in [6.45, 7) is 2.06. The third kappa shape index (κ3) is 2.02. The van der Waals surface area contributed by atoms with Crippen molar-refractivity contribution in [2.24, 2.45) is 0 Å². The highest BCUT2D eigenvalue weighted by Gasteiger charge is 2.25. The summed E-state index contributed by atoms with van der Waals surface area (Å²) >= 11 is 0. The van der Waals surface area contributed by atoms with E-state index in [1.807, 2.05) is 0 Å². The van der Waals surface area contributed by atoms with Crippen molar-refractivity contribution >= 4 is 5.91 Å². The van der Waals surface area contributed by atoms with Crippen LogP contribution in [0, 0.1) is 0 Å². The summed E-state index contributed by atoms with van der Waals surface area (Å²) in [6, 6.07) is 1.74. The molecule has 1 amide bonds. The summed E-state index contributed by atoms with van der Waals surface area (Å²) in [5, 5.41) is 6.45. The van der Waals surface area contributed by atoms with Crippen LogP contribution in [-0.4, -0.2) is 43.1 Å². The molecule has 0 radical (unpaired) electrons. The molecule has 1 N–H and O–H groups in total. The van der Waals surface area contributed by atoms with Gasteiger partial charge in [-0.3, -0.25) is 4.79 Å². The second-order valence-corrected chi connectivity index (χ2v) is 3.94. The zero-order valence-electron chi connectivity index (χ0n) is 8.99. The maximum Gasteiger partial charge on any atom is 0.289 e. The molecule has 1 aromatic rings. The molecule has 0 bridgehead atoms. The minimum Gasteiger partial charge on any atom is -0.352 e. The van der Waals surface area contributed by atoms with Gasteiger partial charge in [-0.1, -0.05) is 5.16 Å². The molecule has 2 heterocycles. The molecule has 1 atom stereocenters. The highest BCUT2D eigenvalue weighted by atomic mass is 16.5. The van der Waals surface area contributed by atoms with Gasteiger partial charge in [-0.05, 0) is 20.0 Å². The zero-order chi connectivity index (χ0) is 10.8. The quantitative estimate of drug-likeness (QED) is 0.768. The summed E-state index contributed by atoms with van der Waals surface area (Å²) < 4.78 is 4.98. The number of hydrogen-bond donors (Lipinski definition) is 1. The second kappa shape index (κ2) is 4.02. The third-order valence-corrected chi connectivity index (χ3v) is 2.79. The SMILES string of the molecule is CNC(=O)c1cc(C2CCN(C)C2)no1. The molecule has 1 aromatic heterocycles. The summed E-state index contributed by atoms with van der Waals surface area (Å²) in [5.41, 5.74) is 0.887. The fourth-order valence-electron chi connectivity index (χ4n) is 1.89. The van der Waals surface area contributed by atoms with Crippen LogP contribution < -0.4 is 5.32 Å². The monoisotopic (exact) mass is 209 g/mol. The molecule has 0 aliphatic carbocycles. The van der Waals surface area contributed by atoms with Crippen molar-refractivity contribution in [3.63, 3.8) is 0 Å². The van der Waals surface area contributed by atoms with E-state index in [0.717, 1.165) is 25.2 Å². The van der Waals surface area contributed by atoms with Crippen molar-refractivity contribution in [3.05, 3.63) is 17.5 Å². The van der Waals surface area contributed by atoms with E-state index in [0.29, 0.717) is 11.7 Å². The first-order chi connectivity index (χ1) is 7.20. The van der Waals surface area contributed by atoms with E-state index < -0.39 is 0 Å². The van der Waals surface area contributed by atoms with E-state index in [1.54, 1.807) is 13.1 Å². The molecule has 1 aliphatic heterocycles. The van der Waals surface area contributed by atoms with Crippen LogP contribution in [0.3, 0.4) is 0 Å². The summed E-state index contributed by atoms with van der Waals surface area (Å²) in [6.07, 6.45) is 1.08.